The highest BCUT2D eigenvalue weighted by Crippen LogP contribution is 2.36. The van der Waals surface area contributed by atoms with Crippen LogP contribution in [0.4, 0.5) is 0 Å². The molecule has 2 aromatic carbocycles. The van der Waals surface area contributed by atoms with Crippen molar-refractivity contribution in [1.29, 1.82) is 0 Å². The van der Waals surface area contributed by atoms with Gasteiger partial charge in [0.1, 0.15) is 12.7 Å². The molecule has 0 saturated heterocycles. The number of nitrogens with zero attached hydrogens (tertiary/aromatic N) is 6. The zero-order chi connectivity index (χ0) is 31.5. The van der Waals surface area contributed by atoms with Crippen molar-refractivity contribution in [2.24, 2.45) is 0 Å². The van der Waals surface area contributed by atoms with E-state index in [9.17, 15) is 13.2 Å². The second-order valence-corrected chi connectivity index (χ2v) is 13.5. The van der Waals surface area contributed by atoms with Gasteiger partial charge >= 0.3 is 0 Å². The van der Waals surface area contributed by atoms with Crippen LogP contribution in [0.2, 0.25) is 0 Å². The molecule has 45 heavy (non-hydrogen) atoms. The van der Waals surface area contributed by atoms with E-state index in [1.807, 2.05) is 25.1 Å². The fourth-order valence-electron chi connectivity index (χ4n) is 6.02. The van der Waals surface area contributed by atoms with Gasteiger partial charge in [0.25, 0.3) is 15.9 Å². The minimum atomic E-state index is -3.46. The Morgan fingerprint density at radius 3 is 2.00 bits per heavy atom. The molecular weight excluding hydrogens is 584 g/mol. The van der Waals surface area contributed by atoms with Crippen LogP contribution in [-0.2, 0) is 10.0 Å². The topological polar surface area (TPSA) is 105 Å². The molecule has 0 spiro atoms. The molecule has 3 aromatic heterocycles. The first-order chi connectivity index (χ1) is 21.9. The van der Waals surface area contributed by atoms with Gasteiger partial charge in [-0.3, -0.25) is 9.36 Å². The Balaban J connectivity index is 0.000000135. The highest BCUT2D eigenvalue weighted by molar-refractivity contribution is 7.90. The predicted molar refractivity (Wildman–Crippen MR) is 175 cm³/mol. The van der Waals surface area contributed by atoms with Crippen molar-refractivity contribution in [3.05, 3.63) is 121 Å². The van der Waals surface area contributed by atoms with E-state index in [2.05, 4.69) is 32.0 Å². The molecule has 2 aliphatic rings. The third kappa shape index (κ3) is 8.45. The molecule has 2 fully saturated rings. The van der Waals surface area contributed by atoms with E-state index in [0.717, 1.165) is 21.5 Å². The third-order valence-corrected chi connectivity index (χ3v) is 10.2. The van der Waals surface area contributed by atoms with E-state index in [0.29, 0.717) is 5.56 Å². The standard InChI is InChI=1S/C15H24N2.C10H10N2O2S.C10H8N2O/c1-3-7-13(8-4-1)15-11-16-12-17(15)14-9-5-2-6-10-14;1-9-2-4-10(5-3-9)15(13,14)12-7-6-11-8-12;13-10(12-7-6-11-8-12)9-4-2-1-3-5-9/h11-14H,1-10H2;2-8H,1H3;1-8H. The van der Waals surface area contributed by atoms with Crippen LogP contribution in [-0.4, -0.2) is 42.4 Å². The van der Waals surface area contributed by atoms with Gasteiger partial charge in [-0.2, -0.15) is 0 Å². The minimum Gasteiger partial charge on any atom is -0.331 e. The molecule has 10 heteroatoms. The number of rotatable bonds is 5. The Labute approximate surface area is 266 Å². The lowest BCUT2D eigenvalue weighted by Gasteiger charge is -2.29. The van der Waals surface area contributed by atoms with Gasteiger partial charge in [-0.15, -0.1) is 0 Å². The van der Waals surface area contributed by atoms with Crippen molar-refractivity contribution in [3.8, 4) is 0 Å². The summed E-state index contributed by atoms with van der Waals surface area (Å²) in [4.78, 5) is 23.9. The van der Waals surface area contributed by atoms with Crippen LogP contribution in [0.5, 0.6) is 0 Å². The van der Waals surface area contributed by atoms with Gasteiger partial charge in [0, 0.05) is 54.2 Å². The SMILES string of the molecule is Cc1ccc(S(=O)(=O)n2ccnc2)cc1.O=C(c1ccccc1)n1ccnc1.c1ncn(C2CCCCC2)c1C1CCCCC1. The fraction of sp³-hybridized carbons (Fsp3) is 0.371. The van der Waals surface area contributed by atoms with Crippen molar-refractivity contribution in [2.75, 3.05) is 0 Å². The molecule has 0 aliphatic heterocycles. The fourth-order valence-corrected chi connectivity index (χ4v) is 7.14. The lowest BCUT2D eigenvalue weighted by molar-refractivity contribution is 0.0959. The number of benzene rings is 2. The Morgan fingerprint density at radius 1 is 0.733 bits per heavy atom. The largest absolute Gasteiger partial charge is 0.331 e. The molecule has 9 nitrogen and oxygen atoms in total. The molecule has 0 radical (unpaired) electrons. The van der Waals surface area contributed by atoms with Crippen LogP contribution in [0, 0.1) is 6.92 Å². The van der Waals surface area contributed by atoms with Crippen molar-refractivity contribution < 1.29 is 13.2 Å². The first kappa shape index (κ1) is 32.1. The van der Waals surface area contributed by atoms with E-state index < -0.39 is 10.0 Å². The minimum absolute atomic E-state index is 0.0573. The molecule has 7 rings (SSSR count). The molecule has 5 aromatic rings. The average Bonchev–Trinajstić information content (AvgIpc) is 3.91. The summed E-state index contributed by atoms with van der Waals surface area (Å²) in [5.74, 6) is 0.742. The number of hydrogen-bond donors (Lipinski definition) is 0. The van der Waals surface area contributed by atoms with E-state index >= 15 is 0 Å². The lowest BCUT2D eigenvalue weighted by Crippen LogP contribution is -2.17. The molecule has 0 unspecified atom stereocenters. The first-order valence-corrected chi connectivity index (χ1v) is 17.3. The second kappa shape index (κ2) is 15.6. The highest BCUT2D eigenvalue weighted by Gasteiger charge is 2.23. The van der Waals surface area contributed by atoms with E-state index in [1.165, 1.54) is 99.5 Å². The molecule has 2 aliphatic carbocycles. The molecular formula is C35H42N6O3S. The maximum Gasteiger partial charge on any atom is 0.268 e. The van der Waals surface area contributed by atoms with Crippen molar-refractivity contribution >= 4 is 15.9 Å². The van der Waals surface area contributed by atoms with Gasteiger partial charge in [0.2, 0.25) is 0 Å². The zero-order valence-corrected chi connectivity index (χ0v) is 26.7. The van der Waals surface area contributed by atoms with Gasteiger partial charge in [-0.05, 0) is 56.9 Å². The maximum absolute atomic E-state index is 11.9. The highest BCUT2D eigenvalue weighted by atomic mass is 32.2. The normalized spacial score (nSPS) is 15.8. The van der Waals surface area contributed by atoms with E-state index in [1.54, 1.807) is 48.8 Å². The molecule has 0 bridgehead atoms. The molecule has 236 valence electrons. The lowest BCUT2D eigenvalue weighted by atomic mass is 9.86. The third-order valence-electron chi connectivity index (χ3n) is 8.52. The summed E-state index contributed by atoms with van der Waals surface area (Å²) < 4.78 is 28.9. The van der Waals surface area contributed by atoms with Gasteiger partial charge in [-0.1, -0.05) is 74.4 Å². The summed E-state index contributed by atoms with van der Waals surface area (Å²) in [5.41, 5.74) is 3.23. The second-order valence-electron chi connectivity index (χ2n) is 11.7. The van der Waals surface area contributed by atoms with Crippen LogP contribution >= 0.6 is 0 Å². The van der Waals surface area contributed by atoms with Crippen molar-refractivity contribution in [3.63, 3.8) is 0 Å². The van der Waals surface area contributed by atoms with Crippen LogP contribution < -0.4 is 0 Å². The summed E-state index contributed by atoms with van der Waals surface area (Å²) in [7, 11) is -3.46. The van der Waals surface area contributed by atoms with Crippen LogP contribution in [0.25, 0.3) is 0 Å². The molecule has 0 amide bonds. The number of imidazole rings is 3. The Bertz CT molecular complexity index is 1650. The van der Waals surface area contributed by atoms with Crippen LogP contribution in [0.1, 0.15) is 97.8 Å². The Hall–Kier alpha value is -4.31. The number of carbonyl (C=O) groups excluding carboxylic acids is 1. The first-order valence-electron chi connectivity index (χ1n) is 15.8. The van der Waals surface area contributed by atoms with Gasteiger partial charge in [-0.25, -0.2) is 27.3 Å². The maximum atomic E-state index is 11.9. The number of aryl methyl sites for hydroxylation is 1. The van der Waals surface area contributed by atoms with Crippen molar-refractivity contribution in [2.45, 2.75) is 88.0 Å². The molecule has 3 heterocycles. The van der Waals surface area contributed by atoms with E-state index in [-0.39, 0.29) is 10.8 Å². The summed E-state index contributed by atoms with van der Waals surface area (Å²) in [5, 5.41) is 0. The van der Waals surface area contributed by atoms with Crippen LogP contribution in [0.3, 0.4) is 0 Å². The smallest absolute Gasteiger partial charge is 0.268 e. The number of carbonyl (C=O) groups is 1. The average molecular weight is 627 g/mol. The van der Waals surface area contributed by atoms with Gasteiger partial charge in [0.15, 0.2) is 0 Å². The van der Waals surface area contributed by atoms with Gasteiger partial charge in [0.05, 0.1) is 11.2 Å². The molecule has 2 saturated carbocycles. The summed E-state index contributed by atoms with van der Waals surface area (Å²) >= 11 is 0. The van der Waals surface area contributed by atoms with Gasteiger partial charge < -0.3 is 4.57 Å². The van der Waals surface area contributed by atoms with Crippen molar-refractivity contribution in [1.82, 2.24) is 28.1 Å². The molecule has 0 N–H and O–H groups in total. The number of aromatic nitrogens is 6. The predicted octanol–water partition coefficient (Wildman–Crippen LogP) is 7.44. The van der Waals surface area contributed by atoms with E-state index in [4.69, 9.17) is 0 Å². The summed E-state index contributed by atoms with van der Waals surface area (Å²) in [6.07, 6.45) is 27.1. The molecule has 0 atom stereocenters. The van der Waals surface area contributed by atoms with Crippen LogP contribution in [0.15, 0.2) is 109 Å². The number of hydrogen-bond acceptors (Lipinski definition) is 6. The summed E-state index contributed by atoms with van der Waals surface area (Å²) in [6, 6.07) is 16.6. The quantitative estimate of drug-likeness (QED) is 0.201. The Morgan fingerprint density at radius 2 is 1.38 bits per heavy atom. The monoisotopic (exact) mass is 626 g/mol. The zero-order valence-electron chi connectivity index (χ0n) is 25.9. The summed E-state index contributed by atoms with van der Waals surface area (Å²) in [6.45, 7) is 1.91. The Kier molecular flexibility index (Phi) is 11.1.